The monoisotopic (exact) mass is 241 g/mol. The minimum Gasteiger partial charge on any atom is -0.385 e. The van der Waals surface area contributed by atoms with E-state index in [0.717, 1.165) is 24.2 Å². The van der Waals surface area contributed by atoms with E-state index in [1.54, 1.807) is 7.11 Å². The number of rotatable bonds is 6. The minimum absolute atomic E-state index is 0.0664. The first-order valence-electron chi connectivity index (χ1n) is 5.51. The van der Waals surface area contributed by atoms with Crippen LogP contribution in [0, 0.1) is 0 Å². The fraction of sp³-hybridized carbons (Fsp3) is 0.538. The highest BCUT2D eigenvalue weighted by Gasteiger charge is 2.14. The second-order valence-electron chi connectivity index (χ2n) is 4.47. The highest BCUT2D eigenvalue weighted by atomic mass is 35.5. The van der Waals surface area contributed by atoms with Crippen LogP contribution in [0.5, 0.6) is 0 Å². The number of methoxy groups -OCH3 is 1. The van der Waals surface area contributed by atoms with Gasteiger partial charge in [0.25, 0.3) is 0 Å². The summed E-state index contributed by atoms with van der Waals surface area (Å²) in [6.07, 6.45) is 0.973. The van der Waals surface area contributed by atoms with E-state index in [1.165, 1.54) is 0 Å². The van der Waals surface area contributed by atoms with Gasteiger partial charge in [-0.25, -0.2) is 0 Å². The normalized spacial score (nSPS) is 11.5. The second-order valence-corrected chi connectivity index (χ2v) is 4.74. The predicted molar refractivity (Wildman–Crippen MR) is 70.2 cm³/mol. The van der Waals surface area contributed by atoms with E-state index in [1.807, 2.05) is 12.1 Å². The molecule has 0 aromatic heterocycles. The molecule has 1 aromatic rings. The number of hydrogen-bond donors (Lipinski definition) is 1. The maximum Gasteiger partial charge on any atom is 0.0639 e. The smallest absolute Gasteiger partial charge is 0.0639 e. The molecule has 16 heavy (non-hydrogen) atoms. The van der Waals surface area contributed by atoms with Gasteiger partial charge in [0.2, 0.25) is 0 Å². The maximum atomic E-state index is 5.73. The van der Waals surface area contributed by atoms with Crippen molar-refractivity contribution in [2.45, 2.75) is 31.7 Å². The fourth-order valence-electron chi connectivity index (χ4n) is 1.32. The third kappa shape index (κ3) is 4.42. The van der Waals surface area contributed by atoms with Crippen molar-refractivity contribution in [3.63, 3.8) is 0 Å². The summed E-state index contributed by atoms with van der Waals surface area (Å²) in [5.74, 6) is 0.566. The topological polar surface area (TPSA) is 21.3 Å². The maximum absolute atomic E-state index is 5.73. The van der Waals surface area contributed by atoms with E-state index in [0.29, 0.717) is 5.88 Å². The van der Waals surface area contributed by atoms with Crippen molar-refractivity contribution in [3.8, 4) is 0 Å². The third-order valence-corrected chi connectivity index (χ3v) is 3.03. The number of alkyl halides is 1. The molecule has 1 rings (SSSR count). The molecule has 1 N–H and O–H groups in total. The Hall–Kier alpha value is -0.730. The SMILES string of the molecule is COC(C)(C)CCNc1ccc(CCl)cc1. The minimum atomic E-state index is -0.0664. The zero-order chi connectivity index (χ0) is 12.0. The molecule has 1 aromatic carbocycles. The van der Waals surface area contributed by atoms with Crippen LogP contribution in [0.25, 0.3) is 0 Å². The first kappa shape index (κ1) is 13.3. The van der Waals surface area contributed by atoms with Gasteiger partial charge in [-0.1, -0.05) is 12.1 Å². The van der Waals surface area contributed by atoms with Gasteiger partial charge >= 0.3 is 0 Å². The fourth-order valence-corrected chi connectivity index (χ4v) is 1.50. The molecular weight excluding hydrogens is 222 g/mol. The molecule has 0 aliphatic carbocycles. The van der Waals surface area contributed by atoms with Crippen LogP contribution in [-0.4, -0.2) is 19.3 Å². The van der Waals surface area contributed by atoms with E-state index in [9.17, 15) is 0 Å². The van der Waals surface area contributed by atoms with Crippen molar-refractivity contribution in [3.05, 3.63) is 29.8 Å². The van der Waals surface area contributed by atoms with Gasteiger partial charge in [0, 0.05) is 25.2 Å². The molecule has 2 nitrogen and oxygen atoms in total. The first-order chi connectivity index (χ1) is 7.57. The van der Waals surface area contributed by atoms with E-state index in [4.69, 9.17) is 16.3 Å². The van der Waals surface area contributed by atoms with E-state index < -0.39 is 0 Å². The zero-order valence-electron chi connectivity index (χ0n) is 10.2. The molecule has 0 saturated heterocycles. The Labute approximate surface area is 103 Å². The molecule has 0 spiro atoms. The summed E-state index contributed by atoms with van der Waals surface area (Å²) < 4.78 is 5.35. The Morgan fingerprint density at radius 2 is 1.88 bits per heavy atom. The van der Waals surface area contributed by atoms with Crippen LogP contribution < -0.4 is 5.32 Å². The van der Waals surface area contributed by atoms with Gasteiger partial charge in [0.05, 0.1) is 5.60 Å². The Morgan fingerprint density at radius 3 is 2.38 bits per heavy atom. The Bertz CT molecular complexity index is 308. The standard InChI is InChI=1S/C13H20ClNO/c1-13(2,16-3)8-9-15-12-6-4-11(10-14)5-7-12/h4-7,15H,8-10H2,1-3H3. The summed E-state index contributed by atoms with van der Waals surface area (Å²) in [5.41, 5.74) is 2.20. The van der Waals surface area contributed by atoms with Gasteiger partial charge in [-0.3, -0.25) is 0 Å². The molecule has 0 atom stereocenters. The Balaban J connectivity index is 2.37. The lowest BCUT2D eigenvalue weighted by Crippen LogP contribution is -2.25. The van der Waals surface area contributed by atoms with Crippen molar-refractivity contribution < 1.29 is 4.74 Å². The van der Waals surface area contributed by atoms with E-state index in [-0.39, 0.29) is 5.60 Å². The lowest BCUT2D eigenvalue weighted by atomic mass is 10.1. The quantitative estimate of drug-likeness (QED) is 0.768. The van der Waals surface area contributed by atoms with Crippen molar-refractivity contribution >= 4 is 17.3 Å². The average molecular weight is 242 g/mol. The molecule has 0 bridgehead atoms. The number of ether oxygens (including phenoxy) is 1. The largest absolute Gasteiger partial charge is 0.385 e. The summed E-state index contributed by atoms with van der Waals surface area (Å²) in [7, 11) is 1.75. The van der Waals surface area contributed by atoms with Gasteiger partial charge < -0.3 is 10.1 Å². The summed E-state index contributed by atoms with van der Waals surface area (Å²) in [6, 6.07) is 8.18. The van der Waals surface area contributed by atoms with Gasteiger partial charge in [-0.2, -0.15) is 0 Å². The van der Waals surface area contributed by atoms with Gasteiger partial charge in [0.15, 0.2) is 0 Å². The van der Waals surface area contributed by atoms with Crippen LogP contribution in [0.15, 0.2) is 24.3 Å². The first-order valence-corrected chi connectivity index (χ1v) is 6.05. The highest BCUT2D eigenvalue weighted by Crippen LogP contribution is 2.15. The van der Waals surface area contributed by atoms with E-state index in [2.05, 4.69) is 31.3 Å². The van der Waals surface area contributed by atoms with Crippen molar-refractivity contribution in [2.24, 2.45) is 0 Å². The van der Waals surface area contributed by atoms with Crippen LogP contribution >= 0.6 is 11.6 Å². The van der Waals surface area contributed by atoms with Crippen LogP contribution in [0.2, 0.25) is 0 Å². The van der Waals surface area contributed by atoms with Crippen molar-refractivity contribution in [1.29, 1.82) is 0 Å². The summed E-state index contributed by atoms with van der Waals surface area (Å²) in [5, 5.41) is 3.36. The molecular formula is C13H20ClNO. The van der Waals surface area contributed by atoms with E-state index >= 15 is 0 Å². The lowest BCUT2D eigenvalue weighted by molar-refractivity contribution is 0.0185. The van der Waals surface area contributed by atoms with Crippen LogP contribution in [-0.2, 0) is 10.6 Å². The Kier molecular flexibility index (Phi) is 5.10. The van der Waals surface area contributed by atoms with Crippen LogP contribution in [0.1, 0.15) is 25.8 Å². The lowest BCUT2D eigenvalue weighted by Gasteiger charge is -2.23. The number of halogens is 1. The molecule has 0 radical (unpaired) electrons. The summed E-state index contributed by atoms with van der Waals surface area (Å²) in [4.78, 5) is 0. The van der Waals surface area contributed by atoms with Crippen molar-refractivity contribution in [2.75, 3.05) is 19.0 Å². The number of benzene rings is 1. The van der Waals surface area contributed by atoms with Crippen molar-refractivity contribution in [1.82, 2.24) is 0 Å². The molecule has 90 valence electrons. The number of hydrogen-bond acceptors (Lipinski definition) is 2. The molecule has 0 fully saturated rings. The molecule has 3 heteroatoms. The van der Waals surface area contributed by atoms with Gasteiger partial charge in [-0.05, 0) is 38.0 Å². The molecule has 0 saturated carbocycles. The molecule has 0 aliphatic rings. The van der Waals surface area contributed by atoms with Gasteiger partial charge in [0.1, 0.15) is 0 Å². The molecule has 0 heterocycles. The van der Waals surface area contributed by atoms with Gasteiger partial charge in [-0.15, -0.1) is 11.6 Å². The summed E-state index contributed by atoms with van der Waals surface area (Å²) in [6.45, 7) is 5.08. The van der Waals surface area contributed by atoms with Crippen LogP contribution in [0.3, 0.4) is 0 Å². The molecule has 0 amide bonds. The summed E-state index contributed by atoms with van der Waals surface area (Å²) >= 11 is 5.73. The number of anilines is 1. The predicted octanol–water partition coefficient (Wildman–Crippen LogP) is 3.65. The molecule has 0 unspecified atom stereocenters. The Morgan fingerprint density at radius 1 is 1.25 bits per heavy atom. The third-order valence-electron chi connectivity index (χ3n) is 2.72. The average Bonchev–Trinajstić information content (AvgIpc) is 2.30. The highest BCUT2D eigenvalue weighted by molar-refractivity contribution is 6.17. The number of nitrogens with one attached hydrogen (secondary N) is 1. The van der Waals surface area contributed by atoms with Crippen LogP contribution in [0.4, 0.5) is 5.69 Å². The zero-order valence-corrected chi connectivity index (χ0v) is 11.0. The molecule has 0 aliphatic heterocycles. The second kappa shape index (κ2) is 6.12.